The third kappa shape index (κ3) is 3.82. The van der Waals surface area contributed by atoms with E-state index in [1.165, 1.54) is 22.1 Å². The summed E-state index contributed by atoms with van der Waals surface area (Å²) in [5, 5.41) is 10.3. The first-order valence-electron chi connectivity index (χ1n) is 9.84. The van der Waals surface area contributed by atoms with Gasteiger partial charge in [-0.2, -0.15) is 5.10 Å². The minimum Gasteiger partial charge on any atom is -0.325 e. The van der Waals surface area contributed by atoms with Gasteiger partial charge in [-0.1, -0.05) is 36.0 Å². The molecule has 0 radical (unpaired) electrons. The molecule has 1 aromatic carbocycles. The first kappa shape index (κ1) is 19.8. The van der Waals surface area contributed by atoms with Gasteiger partial charge < -0.3 is 9.88 Å². The summed E-state index contributed by atoms with van der Waals surface area (Å²) in [6, 6.07) is 13.8. The van der Waals surface area contributed by atoms with E-state index in [1.54, 1.807) is 24.8 Å². The fraction of sp³-hybridized carbons (Fsp3) is 0.182. The normalized spacial score (nSPS) is 13.7. The zero-order chi connectivity index (χ0) is 21.4. The van der Waals surface area contributed by atoms with E-state index in [2.05, 4.69) is 15.0 Å². The SMILES string of the molecule is C[C@@H](C(=O)Nc1ccccc1-c1cn2c(n1)SCC2)n1nc(-c2cccs2)ccc1=O. The molecule has 0 unspecified atom stereocenters. The minimum atomic E-state index is -0.775. The van der Waals surface area contributed by atoms with Crippen LogP contribution in [0.3, 0.4) is 0 Å². The summed E-state index contributed by atoms with van der Waals surface area (Å²) in [4.78, 5) is 31.1. The van der Waals surface area contributed by atoms with Crippen LogP contribution in [0.25, 0.3) is 21.8 Å². The van der Waals surface area contributed by atoms with Crippen LogP contribution in [-0.4, -0.2) is 31.0 Å². The first-order valence-corrected chi connectivity index (χ1v) is 11.7. The van der Waals surface area contributed by atoms with Crippen LogP contribution in [-0.2, 0) is 11.3 Å². The van der Waals surface area contributed by atoms with E-state index in [4.69, 9.17) is 4.98 Å². The van der Waals surface area contributed by atoms with Gasteiger partial charge in [-0.15, -0.1) is 11.3 Å². The molecule has 0 spiro atoms. The van der Waals surface area contributed by atoms with E-state index in [1.807, 2.05) is 48.0 Å². The molecular formula is C22H19N5O2S2. The van der Waals surface area contributed by atoms with Crippen molar-refractivity contribution in [1.29, 1.82) is 0 Å². The van der Waals surface area contributed by atoms with Crippen molar-refractivity contribution in [3.63, 3.8) is 0 Å². The molecule has 4 aromatic rings. The van der Waals surface area contributed by atoms with E-state index in [0.717, 1.165) is 33.6 Å². The second kappa shape index (κ2) is 8.16. The molecule has 156 valence electrons. The van der Waals surface area contributed by atoms with E-state index in [-0.39, 0.29) is 11.5 Å². The zero-order valence-electron chi connectivity index (χ0n) is 16.7. The Balaban J connectivity index is 1.42. The van der Waals surface area contributed by atoms with E-state index in [9.17, 15) is 9.59 Å². The average molecular weight is 450 g/mol. The van der Waals surface area contributed by atoms with Gasteiger partial charge in [-0.3, -0.25) is 9.59 Å². The third-order valence-corrected chi connectivity index (χ3v) is 6.97. The van der Waals surface area contributed by atoms with E-state index in [0.29, 0.717) is 11.4 Å². The highest BCUT2D eigenvalue weighted by Crippen LogP contribution is 2.32. The Kier molecular flexibility index (Phi) is 5.21. The van der Waals surface area contributed by atoms with Crippen molar-refractivity contribution in [1.82, 2.24) is 19.3 Å². The van der Waals surface area contributed by atoms with Crippen LogP contribution in [0.1, 0.15) is 13.0 Å². The topological polar surface area (TPSA) is 81.8 Å². The third-order valence-electron chi connectivity index (χ3n) is 5.11. The van der Waals surface area contributed by atoms with Gasteiger partial charge >= 0.3 is 0 Å². The largest absolute Gasteiger partial charge is 0.325 e. The number of fused-ring (bicyclic) bond motifs is 1. The molecule has 5 rings (SSSR count). The number of thiophene rings is 1. The predicted octanol–water partition coefficient (Wildman–Crippen LogP) is 4.14. The lowest BCUT2D eigenvalue weighted by Crippen LogP contribution is -2.33. The van der Waals surface area contributed by atoms with Gasteiger partial charge in [0.15, 0.2) is 5.16 Å². The summed E-state index contributed by atoms with van der Waals surface area (Å²) in [6.07, 6.45) is 2.01. The van der Waals surface area contributed by atoms with Crippen LogP contribution < -0.4 is 10.9 Å². The van der Waals surface area contributed by atoms with Crippen LogP contribution >= 0.6 is 23.1 Å². The molecule has 0 saturated heterocycles. The van der Waals surface area contributed by atoms with Gasteiger partial charge in [-0.25, -0.2) is 9.67 Å². The Hall–Kier alpha value is -3.17. The molecular weight excluding hydrogens is 430 g/mol. The van der Waals surface area contributed by atoms with Gasteiger partial charge in [0.1, 0.15) is 11.7 Å². The van der Waals surface area contributed by atoms with E-state index < -0.39 is 6.04 Å². The maximum Gasteiger partial charge on any atom is 0.267 e. The number of imidazole rings is 1. The molecule has 1 aliphatic rings. The average Bonchev–Trinajstić information content (AvgIpc) is 3.52. The summed E-state index contributed by atoms with van der Waals surface area (Å²) in [5.41, 5.74) is 2.67. The maximum absolute atomic E-state index is 13.0. The molecule has 0 aliphatic carbocycles. The van der Waals surface area contributed by atoms with Gasteiger partial charge in [0.25, 0.3) is 5.56 Å². The lowest BCUT2D eigenvalue weighted by Gasteiger charge is -2.16. The highest BCUT2D eigenvalue weighted by Gasteiger charge is 2.21. The van der Waals surface area contributed by atoms with Crippen molar-refractivity contribution in [2.24, 2.45) is 0 Å². The molecule has 1 N–H and O–H groups in total. The molecule has 0 bridgehead atoms. The Labute approximate surface area is 186 Å². The summed E-state index contributed by atoms with van der Waals surface area (Å²) >= 11 is 3.26. The summed E-state index contributed by atoms with van der Waals surface area (Å²) in [7, 11) is 0. The number of carbonyl (C=O) groups is 1. The number of anilines is 1. The zero-order valence-corrected chi connectivity index (χ0v) is 18.3. The number of hydrogen-bond acceptors (Lipinski definition) is 6. The summed E-state index contributed by atoms with van der Waals surface area (Å²) in [6.45, 7) is 2.61. The molecule has 31 heavy (non-hydrogen) atoms. The molecule has 1 amide bonds. The maximum atomic E-state index is 13.0. The van der Waals surface area contributed by atoms with Crippen molar-refractivity contribution in [3.05, 3.63) is 70.5 Å². The fourth-order valence-corrected chi connectivity index (χ4v) is 5.10. The molecule has 3 aromatic heterocycles. The van der Waals surface area contributed by atoms with Crippen LogP contribution in [0.2, 0.25) is 0 Å². The minimum absolute atomic E-state index is 0.313. The van der Waals surface area contributed by atoms with Crippen molar-refractivity contribution < 1.29 is 4.79 Å². The van der Waals surface area contributed by atoms with Crippen LogP contribution in [0, 0.1) is 0 Å². The fourth-order valence-electron chi connectivity index (χ4n) is 3.46. The standard InChI is InChI=1S/C22H19N5O2S2/c1-14(27-20(28)9-8-17(25-27)19-7-4-11-30-19)21(29)23-16-6-3-2-5-15(16)18-13-26-10-12-31-22(26)24-18/h2-9,11,13-14H,10,12H2,1H3,(H,23,29)/t14-/m0/s1. The Morgan fingerprint density at radius 1 is 1.13 bits per heavy atom. The second-order valence-corrected chi connectivity index (χ2v) is 9.15. The van der Waals surface area contributed by atoms with Gasteiger partial charge in [0, 0.05) is 30.1 Å². The Morgan fingerprint density at radius 2 is 2.00 bits per heavy atom. The molecule has 1 aliphatic heterocycles. The Morgan fingerprint density at radius 3 is 2.81 bits per heavy atom. The van der Waals surface area contributed by atoms with Crippen LogP contribution in [0.4, 0.5) is 5.69 Å². The number of carbonyl (C=O) groups excluding carboxylic acids is 1. The Bertz CT molecular complexity index is 1290. The van der Waals surface area contributed by atoms with Gasteiger partial charge in [0.05, 0.1) is 16.3 Å². The van der Waals surface area contributed by atoms with Crippen LogP contribution in [0.5, 0.6) is 0 Å². The number of hydrogen-bond donors (Lipinski definition) is 1. The predicted molar refractivity (Wildman–Crippen MR) is 124 cm³/mol. The molecule has 0 saturated carbocycles. The van der Waals surface area contributed by atoms with Crippen molar-refractivity contribution in [2.75, 3.05) is 11.1 Å². The first-order chi connectivity index (χ1) is 15.1. The molecule has 4 heterocycles. The number of amides is 1. The van der Waals surface area contributed by atoms with Crippen molar-refractivity contribution >= 4 is 34.7 Å². The van der Waals surface area contributed by atoms with Crippen LogP contribution in [0.15, 0.2) is 70.1 Å². The monoisotopic (exact) mass is 449 g/mol. The lowest BCUT2D eigenvalue weighted by molar-refractivity contribution is -0.119. The highest BCUT2D eigenvalue weighted by atomic mass is 32.2. The highest BCUT2D eigenvalue weighted by molar-refractivity contribution is 7.99. The van der Waals surface area contributed by atoms with Gasteiger partial charge in [-0.05, 0) is 30.5 Å². The summed E-state index contributed by atoms with van der Waals surface area (Å²) < 4.78 is 3.36. The van der Waals surface area contributed by atoms with E-state index >= 15 is 0 Å². The lowest BCUT2D eigenvalue weighted by atomic mass is 10.1. The number of nitrogens with one attached hydrogen (secondary N) is 1. The molecule has 0 fully saturated rings. The number of nitrogens with zero attached hydrogens (tertiary/aromatic N) is 4. The van der Waals surface area contributed by atoms with Gasteiger partial charge in [0.2, 0.25) is 5.91 Å². The smallest absolute Gasteiger partial charge is 0.267 e. The van der Waals surface area contributed by atoms with Crippen molar-refractivity contribution in [2.45, 2.75) is 24.7 Å². The second-order valence-electron chi connectivity index (χ2n) is 7.14. The number of rotatable bonds is 5. The van der Waals surface area contributed by atoms with Crippen molar-refractivity contribution in [3.8, 4) is 21.8 Å². The quantitative estimate of drug-likeness (QED) is 0.495. The number of thioether (sulfide) groups is 1. The molecule has 9 heteroatoms. The number of benzene rings is 1. The number of para-hydroxylation sites is 1. The number of aromatic nitrogens is 4. The summed E-state index contributed by atoms with van der Waals surface area (Å²) in [5.74, 6) is 0.719. The molecule has 1 atom stereocenters. The molecule has 7 nitrogen and oxygen atoms in total. The number of aryl methyl sites for hydroxylation is 1.